The summed E-state index contributed by atoms with van der Waals surface area (Å²) >= 11 is 6.15. The second-order valence-corrected chi connectivity index (χ2v) is 6.62. The Hall–Kier alpha value is -1.00. The van der Waals surface area contributed by atoms with Gasteiger partial charge in [-0.3, -0.25) is 4.79 Å². The number of nitrogens with zero attached hydrogens (tertiary/aromatic N) is 2. The van der Waals surface area contributed by atoms with Crippen molar-refractivity contribution in [2.24, 2.45) is 0 Å². The van der Waals surface area contributed by atoms with Crippen LogP contribution in [0.3, 0.4) is 0 Å². The summed E-state index contributed by atoms with van der Waals surface area (Å²) < 4.78 is 2.09. The minimum atomic E-state index is 0.143. The van der Waals surface area contributed by atoms with E-state index in [-0.39, 0.29) is 5.91 Å². The Morgan fingerprint density at radius 1 is 1.48 bits per heavy atom. The lowest BCUT2D eigenvalue weighted by Gasteiger charge is -2.34. The van der Waals surface area contributed by atoms with Crippen LogP contribution in [0.1, 0.15) is 55.6 Å². The van der Waals surface area contributed by atoms with Gasteiger partial charge in [0.2, 0.25) is 0 Å². The Morgan fingerprint density at radius 2 is 2.29 bits per heavy atom. The number of hydrogen-bond donors (Lipinski definition) is 1. The summed E-state index contributed by atoms with van der Waals surface area (Å²) in [6.45, 7) is 4.92. The maximum absolute atomic E-state index is 13.0. The summed E-state index contributed by atoms with van der Waals surface area (Å²) in [6.07, 6.45) is 7.45. The molecule has 5 heteroatoms. The molecule has 0 spiro atoms. The predicted octanol–water partition coefficient (Wildman–Crippen LogP) is 3.08. The zero-order valence-electron chi connectivity index (χ0n) is 12.6. The van der Waals surface area contributed by atoms with E-state index >= 15 is 0 Å². The Labute approximate surface area is 131 Å². The van der Waals surface area contributed by atoms with Gasteiger partial charge >= 0.3 is 0 Å². The quantitative estimate of drug-likeness (QED) is 0.907. The van der Waals surface area contributed by atoms with Crippen molar-refractivity contribution < 1.29 is 4.79 Å². The highest BCUT2D eigenvalue weighted by atomic mass is 35.5. The minimum Gasteiger partial charge on any atom is -0.339 e. The van der Waals surface area contributed by atoms with E-state index in [0.29, 0.717) is 17.1 Å². The second kappa shape index (κ2) is 6.41. The molecule has 2 fully saturated rings. The molecule has 1 unspecified atom stereocenters. The Morgan fingerprint density at radius 3 is 2.90 bits per heavy atom. The second-order valence-electron chi connectivity index (χ2n) is 6.18. The first-order valence-electron chi connectivity index (χ1n) is 8.09. The molecule has 1 N–H and O–H groups in total. The van der Waals surface area contributed by atoms with Crippen LogP contribution in [0.4, 0.5) is 0 Å². The average Bonchev–Trinajstić information content (AvgIpc) is 3.27. The van der Waals surface area contributed by atoms with Crippen LogP contribution in [-0.2, 0) is 0 Å². The van der Waals surface area contributed by atoms with Crippen LogP contribution in [0.5, 0.6) is 0 Å². The summed E-state index contributed by atoms with van der Waals surface area (Å²) in [5.41, 5.74) is 0.765. The molecule has 1 aliphatic heterocycles. The highest BCUT2D eigenvalue weighted by molar-refractivity contribution is 6.31. The van der Waals surface area contributed by atoms with E-state index in [1.54, 1.807) is 0 Å². The molecule has 2 aliphatic rings. The molecule has 1 saturated heterocycles. The maximum atomic E-state index is 13.0. The molecule has 0 bridgehead atoms. The van der Waals surface area contributed by atoms with E-state index in [1.165, 1.54) is 0 Å². The number of aromatic nitrogens is 1. The highest BCUT2D eigenvalue weighted by Gasteiger charge is 2.32. The van der Waals surface area contributed by atoms with Gasteiger partial charge in [0, 0.05) is 31.4 Å². The zero-order chi connectivity index (χ0) is 14.8. The standard InChI is InChI=1S/C16H24ClN3O/c1-2-8-19(14-4-3-7-18-10-14)16(21)15-9-12(17)11-20(15)13-5-6-13/h9,11,13-14,18H,2-8,10H2,1H3. The molecule has 21 heavy (non-hydrogen) atoms. The number of carbonyl (C=O) groups is 1. The molecule has 4 nitrogen and oxygen atoms in total. The number of hydrogen-bond acceptors (Lipinski definition) is 2. The molecular formula is C16H24ClN3O. The summed E-state index contributed by atoms with van der Waals surface area (Å²) in [6, 6.07) is 2.62. The lowest BCUT2D eigenvalue weighted by atomic mass is 10.0. The van der Waals surface area contributed by atoms with E-state index in [4.69, 9.17) is 11.6 Å². The molecule has 1 atom stereocenters. The minimum absolute atomic E-state index is 0.143. The van der Waals surface area contributed by atoms with Crippen LogP contribution < -0.4 is 5.32 Å². The number of halogens is 1. The van der Waals surface area contributed by atoms with Gasteiger partial charge < -0.3 is 14.8 Å². The van der Waals surface area contributed by atoms with Crippen LogP contribution >= 0.6 is 11.6 Å². The largest absolute Gasteiger partial charge is 0.339 e. The maximum Gasteiger partial charge on any atom is 0.270 e. The van der Waals surface area contributed by atoms with Gasteiger partial charge in [0.15, 0.2) is 0 Å². The highest BCUT2D eigenvalue weighted by Crippen LogP contribution is 2.37. The van der Waals surface area contributed by atoms with Crippen molar-refractivity contribution in [3.63, 3.8) is 0 Å². The molecule has 1 aromatic heterocycles. The lowest BCUT2D eigenvalue weighted by molar-refractivity contribution is 0.0637. The van der Waals surface area contributed by atoms with E-state index in [1.807, 2.05) is 12.3 Å². The molecule has 1 aromatic rings. The van der Waals surface area contributed by atoms with Gasteiger partial charge in [0.1, 0.15) is 5.69 Å². The van der Waals surface area contributed by atoms with E-state index < -0.39 is 0 Å². The van der Waals surface area contributed by atoms with Crippen molar-refractivity contribution in [1.29, 1.82) is 0 Å². The zero-order valence-corrected chi connectivity index (χ0v) is 13.4. The van der Waals surface area contributed by atoms with Crippen LogP contribution in [0.2, 0.25) is 5.02 Å². The van der Waals surface area contributed by atoms with E-state index in [2.05, 4.69) is 21.7 Å². The van der Waals surface area contributed by atoms with Gasteiger partial charge in [-0.1, -0.05) is 18.5 Å². The summed E-state index contributed by atoms with van der Waals surface area (Å²) in [5, 5.41) is 4.08. The first-order chi connectivity index (χ1) is 10.2. The van der Waals surface area contributed by atoms with Crippen molar-refractivity contribution in [3.05, 3.63) is 23.0 Å². The monoisotopic (exact) mass is 309 g/mol. The molecule has 0 aromatic carbocycles. The van der Waals surface area contributed by atoms with Crippen LogP contribution in [0.25, 0.3) is 0 Å². The van der Waals surface area contributed by atoms with Gasteiger partial charge in [-0.15, -0.1) is 0 Å². The van der Waals surface area contributed by atoms with Crippen LogP contribution in [0, 0.1) is 0 Å². The summed E-state index contributed by atoms with van der Waals surface area (Å²) in [7, 11) is 0. The Bertz CT molecular complexity index is 504. The fourth-order valence-corrected chi connectivity index (χ4v) is 3.42. The molecule has 3 rings (SSSR count). The van der Waals surface area contributed by atoms with Crippen molar-refractivity contribution in [3.8, 4) is 0 Å². The topological polar surface area (TPSA) is 37.3 Å². The van der Waals surface area contributed by atoms with Gasteiger partial charge in [-0.25, -0.2) is 0 Å². The number of rotatable bonds is 5. The fraction of sp³-hybridized carbons (Fsp3) is 0.688. The third-order valence-electron chi connectivity index (χ3n) is 4.41. The number of carbonyl (C=O) groups excluding carboxylic acids is 1. The van der Waals surface area contributed by atoms with Gasteiger partial charge in [0.25, 0.3) is 5.91 Å². The number of amides is 1. The molecule has 0 radical (unpaired) electrons. The van der Waals surface area contributed by atoms with Gasteiger partial charge in [0.05, 0.1) is 5.02 Å². The van der Waals surface area contributed by atoms with Crippen molar-refractivity contribution in [2.45, 2.75) is 51.1 Å². The first-order valence-corrected chi connectivity index (χ1v) is 8.47. The van der Waals surface area contributed by atoms with Crippen molar-refractivity contribution in [1.82, 2.24) is 14.8 Å². The van der Waals surface area contributed by atoms with Crippen LogP contribution in [0.15, 0.2) is 12.3 Å². The summed E-state index contributed by atoms with van der Waals surface area (Å²) in [5.74, 6) is 0.143. The van der Waals surface area contributed by atoms with Crippen molar-refractivity contribution >= 4 is 17.5 Å². The third-order valence-corrected chi connectivity index (χ3v) is 4.62. The van der Waals surface area contributed by atoms with Crippen molar-refractivity contribution in [2.75, 3.05) is 19.6 Å². The molecule has 1 aliphatic carbocycles. The molecule has 1 amide bonds. The third kappa shape index (κ3) is 3.27. The smallest absolute Gasteiger partial charge is 0.270 e. The molecule has 2 heterocycles. The van der Waals surface area contributed by atoms with Gasteiger partial charge in [-0.2, -0.15) is 0 Å². The number of piperidine rings is 1. The fourth-order valence-electron chi connectivity index (χ4n) is 3.21. The Balaban J connectivity index is 1.82. The molecular weight excluding hydrogens is 286 g/mol. The predicted molar refractivity (Wildman–Crippen MR) is 84.9 cm³/mol. The van der Waals surface area contributed by atoms with Gasteiger partial charge in [-0.05, 0) is 44.7 Å². The average molecular weight is 310 g/mol. The number of nitrogens with one attached hydrogen (secondary N) is 1. The first kappa shape index (κ1) is 14.9. The normalized spacial score (nSPS) is 22.3. The van der Waals surface area contributed by atoms with E-state index in [9.17, 15) is 4.79 Å². The lowest BCUT2D eigenvalue weighted by Crippen LogP contribution is -2.49. The molecule has 1 saturated carbocycles. The molecule has 116 valence electrons. The van der Waals surface area contributed by atoms with E-state index in [0.717, 1.165) is 57.4 Å². The Kier molecular flexibility index (Phi) is 4.55. The summed E-state index contributed by atoms with van der Waals surface area (Å²) in [4.78, 5) is 15.1. The van der Waals surface area contributed by atoms with Crippen LogP contribution in [-0.4, -0.2) is 41.1 Å². The SMILES string of the molecule is CCCN(C(=O)c1cc(Cl)cn1C1CC1)C1CCCNC1.